The zero-order chi connectivity index (χ0) is 18.1. The van der Waals surface area contributed by atoms with Gasteiger partial charge >= 0.3 is 7.12 Å². The first-order chi connectivity index (χ1) is 11.4. The molecule has 1 amide bonds. The summed E-state index contributed by atoms with van der Waals surface area (Å²) >= 11 is 0. The minimum absolute atomic E-state index is 0.0384. The molecule has 1 unspecified atom stereocenters. The molecule has 7 nitrogen and oxygen atoms in total. The van der Waals surface area contributed by atoms with E-state index >= 15 is 0 Å². The molecule has 1 aliphatic heterocycles. The highest BCUT2D eigenvalue weighted by atomic mass is 16.4. The number of nitrogens with zero attached hydrogens (tertiary/aromatic N) is 1. The second kappa shape index (κ2) is 10.4. The van der Waals surface area contributed by atoms with E-state index in [9.17, 15) is 4.79 Å². The SMILES string of the molecule is CC(C)NC(=O)c1ccc(CN)cc1.OCN1CCCC1B(O)O. The van der Waals surface area contributed by atoms with E-state index in [-0.39, 0.29) is 24.6 Å². The molecule has 0 radical (unpaired) electrons. The van der Waals surface area contributed by atoms with Crippen LogP contribution in [0.5, 0.6) is 0 Å². The number of hydrogen-bond donors (Lipinski definition) is 5. The second-order valence-corrected chi connectivity index (χ2v) is 6.11. The van der Waals surface area contributed by atoms with Gasteiger partial charge in [0, 0.05) is 30.6 Å². The summed E-state index contributed by atoms with van der Waals surface area (Å²) in [5.41, 5.74) is 7.17. The zero-order valence-electron chi connectivity index (χ0n) is 14.4. The number of nitrogens with two attached hydrogens (primary N) is 1. The first-order valence-corrected chi connectivity index (χ1v) is 8.20. The Morgan fingerprint density at radius 2 is 2.00 bits per heavy atom. The van der Waals surface area contributed by atoms with Gasteiger partial charge in [0.25, 0.3) is 5.91 Å². The van der Waals surface area contributed by atoms with Crippen LogP contribution in [-0.4, -0.2) is 58.3 Å². The van der Waals surface area contributed by atoms with Gasteiger partial charge in [-0.3, -0.25) is 9.69 Å². The number of benzene rings is 1. The van der Waals surface area contributed by atoms with Crippen LogP contribution in [0.15, 0.2) is 24.3 Å². The summed E-state index contributed by atoms with van der Waals surface area (Å²) in [7, 11) is -1.31. The van der Waals surface area contributed by atoms with Crippen LogP contribution in [0.3, 0.4) is 0 Å². The van der Waals surface area contributed by atoms with Crippen molar-refractivity contribution in [3.05, 3.63) is 35.4 Å². The van der Waals surface area contributed by atoms with Crippen LogP contribution in [0.25, 0.3) is 0 Å². The normalized spacial score (nSPS) is 17.4. The molecule has 0 spiro atoms. The molecule has 0 bridgehead atoms. The van der Waals surface area contributed by atoms with Crippen molar-refractivity contribution in [3.63, 3.8) is 0 Å². The third-order valence-electron chi connectivity index (χ3n) is 3.81. The summed E-state index contributed by atoms with van der Waals surface area (Å²) in [6.07, 6.45) is 1.70. The highest BCUT2D eigenvalue weighted by molar-refractivity contribution is 6.43. The van der Waals surface area contributed by atoms with Gasteiger partial charge in [0.05, 0.1) is 6.73 Å². The Morgan fingerprint density at radius 1 is 1.38 bits per heavy atom. The highest BCUT2D eigenvalue weighted by Gasteiger charge is 2.32. The van der Waals surface area contributed by atoms with Crippen molar-refractivity contribution in [1.29, 1.82) is 0 Å². The van der Waals surface area contributed by atoms with Crippen molar-refractivity contribution in [2.75, 3.05) is 13.3 Å². The molecule has 1 atom stereocenters. The maximum atomic E-state index is 11.5. The van der Waals surface area contributed by atoms with Crippen LogP contribution in [0.2, 0.25) is 0 Å². The van der Waals surface area contributed by atoms with Crippen molar-refractivity contribution >= 4 is 13.0 Å². The summed E-state index contributed by atoms with van der Waals surface area (Å²) in [5.74, 6) is -0.298. The standard InChI is InChI=1S/C11H16N2O.C5H12BNO3/c1-8(2)13-11(14)10-5-3-9(7-12)4-6-10;8-4-7-3-1-2-5(7)6(9)10/h3-6,8H,7,12H2,1-2H3,(H,13,14);5,8-10H,1-4H2. The molecule has 8 heteroatoms. The number of aliphatic hydroxyl groups is 1. The maximum absolute atomic E-state index is 11.5. The lowest BCUT2D eigenvalue weighted by atomic mass is 9.78. The van der Waals surface area contributed by atoms with Gasteiger partial charge in [-0.2, -0.15) is 0 Å². The Bertz CT molecular complexity index is 497. The molecular formula is C16H28BN3O4. The van der Waals surface area contributed by atoms with Crippen LogP contribution in [0.4, 0.5) is 0 Å². The largest absolute Gasteiger partial charge is 0.469 e. The number of hydrogen-bond acceptors (Lipinski definition) is 6. The van der Waals surface area contributed by atoms with Crippen molar-refractivity contribution in [2.45, 2.75) is 45.2 Å². The molecule has 2 rings (SSSR count). The van der Waals surface area contributed by atoms with Gasteiger partial charge < -0.3 is 26.2 Å². The first kappa shape index (κ1) is 20.6. The lowest BCUT2D eigenvalue weighted by molar-refractivity contribution is 0.0943. The van der Waals surface area contributed by atoms with Gasteiger partial charge in [-0.05, 0) is 44.4 Å². The number of aliphatic hydroxyl groups excluding tert-OH is 1. The van der Waals surface area contributed by atoms with Crippen molar-refractivity contribution in [2.24, 2.45) is 5.73 Å². The van der Waals surface area contributed by atoms with Crippen LogP contribution >= 0.6 is 0 Å². The third-order valence-corrected chi connectivity index (χ3v) is 3.81. The van der Waals surface area contributed by atoms with Crippen LogP contribution in [0.1, 0.15) is 42.6 Å². The molecule has 1 heterocycles. The molecule has 1 aromatic carbocycles. The van der Waals surface area contributed by atoms with E-state index in [1.54, 1.807) is 17.0 Å². The lowest BCUT2D eigenvalue weighted by Gasteiger charge is -2.20. The van der Waals surface area contributed by atoms with E-state index < -0.39 is 7.12 Å². The van der Waals surface area contributed by atoms with Crippen molar-refractivity contribution in [3.8, 4) is 0 Å². The minimum Gasteiger partial charge on any atom is -0.426 e. The summed E-state index contributed by atoms with van der Waals surface area (Å²) in [6, 6.07) is 7.49. The number of nitrogens with one attached hydrogen (secondary N) is 1. The van der Waals surface area contributed by atoms with Crippen molar-refractivity contribution in [1.82, 2.24) is 10.2 Å². The van der Waals surface area contributed by atoms with E-state index in [2.05, 4.69) is 5.32 Å². The van der Waals surface area contributed by atoms with E-state index in [1.165, 1.54) is 0 Å². The van der Waals surface area contributed by atoms with Crippen LogP contribution in [-0.2, 0) is 6.54 Å². The molecule has 0 aliphatic carbocycles. The average Bonchev–Trinajstić information content (AvgIpc) is 3.04. The first-order valence-electron chi connectivity index (χ1n) is 8.20. The van der Waals surface area contributed by atoms with Crippen LogP contribution in [0, 0.1) is 0 Å². The van der Waals surface area contributed by atoms with Gasteiger partial charge in [0.15, 0.2) is 0 Å². The van der Waals surface area contributed by atoms with Gasteiger partial charge in [-0.1, -0.05) is 12.1 Å². The molecule has 1 aliphatic rings. The summed E-state index contributed by atoms with van der Waals surface area (Å²) in [6.45, 7) is 5.06. The lowest BCUT2D eigenvalue weighted by Crippen LogP contribution is -2.42. The molecule has 134 valence electrons. The Labute approximate surface area is 143 Å². The Kier molecular flexibility index (Phi) is 8.95. The fraction of sp³-hybridized carbons (Fsp3) is 0.562. The number of amides is 1. The third kappa shape index (κ3) is 6.58. The number of rotatable bonds is 5. The molecular weight excluding hydrogens is 309 g/mol. The zero-order valence-corrected chi connectivity index (χ0v) is 14.4. The molecule has 1 fully saturated rings. The van der Waals surface area contributed by atoms with Gasteiger partial charge in [0.1, 0.15) is 0 Å². The van der Waals surface area contributed by atoms with Gasteiger partial charge in [-0.25, -0.2) is 0 Å². The van der Waals surface area contributed by atoms with E-state index in [0.717, 1.165) is 24.9 Å². The predicted octanol–water partition coefficient (Wildman–Crippen LogP) is -0.304. The molecule has 1 aromatic rings. The predicted molar refractivity (Wildman–Crippen MR) is 93.9 cm³/mol. The summed E-state index contributed by atoms with van der Waals surface area (Å²) < 4.78 is 0. The van der Waals surface area contributed by atoms with E-state index in [0.29, 0.717) is 12.1 Å². The average molecular weight is 337 g/mol. The van der Waals surface area contributed by atoms with Gasteiger partial charge in [-0.15, -0.1) is 0 Å². The minimum atomic E-state index is -1.31. The van der Waals surface area contributed by atoms with Gasteiger partial charge in [0.2, 0.25) is 0 Å². The fourth-order valence-corrected chi connectivity index (χ4v) is 2.50. The Balaban J connectivity index is 0.000000254. The number of likely N-dealkylation sites (tertiary alicyclic amines) is 1. The van der Waals surface area contributed by atoms with Crippen LogP contribution < -0.4 is 11.1 Å². The fourth-order valence-electron chi connectivity index (χ4n) is 2.50. The quantitative estimate of drug-likeness (QED) is 0.471. The van der Waals surface area contributed by atoms with Crippen molar-refractivity contribution < 1.29 is 19.9 Å². The molecule has 1 saturated heterocycles. The molecule has 0 aromatic heterocycles. The summed E-state index contributed by atoms with van der Waals surface area (Å²) in [4.78, 5) is 13.2. The van der Waals surface area contributed by atoms with E-state index in [1.807, 2.05) is 26.0 Å². The summed E-state index contributed by atoms with van der Waals surface area (Å²) in [5, 5.41) is 29.0. The highest BCUT2D eigenvalue weighted by Crippen LogP contribution is 2.16. The monoisotopic (exact) mass is 337 g/mol. The topological polar surface area (TPSA) is 119 Å². The molecule has 0 saturated carbocycles. The molecule has 24 heavy (non-hydrogen) atoms. The smallest absolute Gasteiger partial charge is 0.426 e. The second-order valence-electron chi connectivity index (χ2n) is 6.11. The number of carbonyl (C=O) groups excluding carboxylic acids is 1. The maximum Gasteiger partial charge on any atom is 0.469 e. The molecule has 6 N–H and O–H groups in total. The Hall–Kier alpha value is -1.45. The Morgan fingerprint density at radius 3 is 2.42 bits per heavy atom. The van der Waals surface area contributed by atoms with E-state index in [4.69, 9.17) is 20.9 Å². The number of carbonyl (C=O) groups is 1.